The molecule has 2 N–H and O–H groups in total. The van der Waals surface area contributed by atoms with E-state index in [0.29, 0.717) is 5.39 Å². The molecule has 3 aromatic rings. The van der Waals surface area contributed by atoms with E-state index in [-0.39, 0.29) is 24.7 Å². The van der Waals surface area contributed by atoms with Crippen molar-refractivity contribution in [2.75, 3.05) is 11.9 Å². The summed E-state index contributed by atoms with van der Waals surface area (Å²) in [4.78, 5) is 12.0. The quantitative estimate of drug-likeness (QED) is 0.541. The van der Waals surface area contributed by atoms with Crippen LogP contribution in [-0.4, -0.2) is 22.1 Å². The van der Waals surface area contributed by atoms with Gasteiger partial charge >= 0.3 is 0 Å². The Kier molecular flexibility index (Phi) is 4.99. The molecule has 6 nitrogen and oxygen atoms in total. The van der Waals surface area contributed by atoms with E-state index in [1.165, 1.54) is 0 Å². The van der Waals surface area contributed by atoms with Crippen LogP contribution >= 0.6 is 0 Å². The number of fused-ring (bicyclic) bond motifs is 1. The molecule has 0 radical (unpaired) electrons. The predicted molar refractivity (Wildman–Crippen MR) is 102 cm³/mol. The van der Waals surface area contributed by atoms with Crippen molar-refractivity contribution in [3.8, 4) is 18.2 Å². The zero-order valence-electron chi connectivity index (χ0n) is 14.3. The Morgan fingerprint density at radius 1 is 1.27 bits per heavy atom. The van der Waals surface area contributed by atoms with Crippen molar-refractivity contribution in [1.82, 2.24) is 4.57 Å². The largest absolute Gasteiger partial charge is 0.493 e. The maximum Gasteiger partial charge on any atom is 0.283 e. The maximum atomic E-state index is 12.0. The molecule has 1 amide bonds. The van der Waals surface area contributed by atoms with Gasteiger partial charge in [-0.25, -0.2) is 0 Å². The van der Waals surface area contributed by atoms with Crippen LogP contribution in [0.15, 0.2) is 58.8 Å². The molecule has 0 fully saturated rings. The van der Waals surface area contributed by atoms with Crippen molar-refractivity contribution in [1.29, 1.82) is 0 Å². The zero-order valence-corrected chi connectivity index (χ0v) is 14.3. The van der Waals surface area contributed by atoms with Crippen LogP contribution in [0.5, 0.6) is 5.88 Å². The van der Waals surface area contributed by atoms with Crippen molar-refractivity contribution < 1.29 is 9.90 Å². The van der Waals surface area contributed by atoms with Gasteiger partial charge in [0.25, 0.3) is 5.91 Å². The summed E-state index contributed by atoms with van der Waals surface area (Å²) in [6, 6.07) is 15.0. The first-order valence-electron chi connectivity index (χ1n) is 8.09. The number of aryl methyl sites for hydroxylation is 1. The molecule has 1 heterocycles. The smallest absolute Gasteiger partial charge is 0.283 e. The average molecular weight is 346 g/mol. The molecule has 0 aliphatic rings. The second-order valence-corrected chi connectivity index (χ2v) is 5.80. The fraction of sp³-hybridized carbons (Fsp3) is 0.150. The molecule has 0 saturated heterocycles. The minimum atomic E-state index is -0.445. The van der Waals surface area contributed by atoms with Gasteiger partial charge in [0.1, 0.15) is 0 Å². The lowest BCUT2D eigenvalue weighted by Crippen LogP contribution is -2.10. The molecular formula is C20H18N4O2. The van der Waals surface area contributed by atoms with E-state index in [1.807, 2.05) is 49.4 Å². The monoisotopic (exact) mass is 346 g/mol. The molecule has 6 heteroatoms. The third-order valence-corrected chi connectivity index (χ3v) is 3.89. The Hall–Kier alpha value is -3.59. The van der Waals surface area contributed by atoms with Crippen LogP contribution in [0.25, 0.3) is 10.9 Å². The molecular weight excluding hydrogens is 328 g/mol. The molecule has 0 aliphatic heterocycles. The van der Waals surface area contributed by atoms with E-state index in [2.05, 4.69) is 21.5 Å². The second kappa shape index (κ2) is 7.53. The maximum absolute atomic E-state index is 12.0. The normalized spacial score (nSPS) is 10.9. The molecule has 0 spiro atoms. The van der Waals surface area contributed by atoms with Crippen LogP contribution in [0.4, 0.5) is 11.4 Å². The number of aromatic hydroxyl groups is 1. The number of carbonyl (C=O) groups excluding carboxylic acids is 1. The highest BCUT2D eigenvalue weighted by Crippen LogP contribution is 2.38. The van der Waals surface area contributed by atoms with Gasteiger partial charge in [0.05, 0.1) is 18.6 Å². The van der Waals surface area contributed by atoms with Crippen LogP contribution in [-0.2, 0) is 11.3 Å². The lowest BCUT2D eigenvalue weighted by Gasteiger charge is -2.03. The molecule has 0 unspecified atom stereocenters. The lowest BCUT2D eigenvalue weighted by atomic mass is 10.2. The van der Waals surface area contributed by atoms with Crippen molar-refractivity contribution in [3.05, 3.63) is 54.1 Å². The number of anilines is 1. The highest BCUT2D eigenvalue weighted by Gasteiger charge is 2.15. The van der Waals surface area contributed by atoms with Gasteiger partial charge in [-0.3, -0.25) is 9.36 Å². The van der Waals surface area contributed by atoms with Gasteiger partial charge in [-0.05, 0) is 30.7 Å². The number of nitrogens with zero attached hydrogens (tertiary/aromatic N) is 3. The van der Waals surface area contributed by atoms with E-state index in [1.54, 1.807) is 10.6 Å². The van der Waals surface area contributed by atoms with Crippen LogP contribution in [0.3, 0.4) is 0 Å². The van der Waals surface area contributed by atoms with Gasteiger partial charge in [0.15, 0.2) is 5.69 Å². The molecule has 0 atom stereocenters. The number of hydrogen-bond donors (Lipinski definition) is 2. The SMILES string of the molecule is C#CCn1c(O)c(N=NC(=O)CNc2cccc(C)c2)c2ccccc21. The second-order valence-electron chi connectivity index (χ2n) is 5.80. The number of aromatic nitrogens is 1. The Morgan fingerprint density at radius 2 is 2.08 bits per heavy atom. The van der Waals surface area contributed by atoms with Gasteiger partial charge in [0, 0.05) is 11.1 Å². The third-order valence-electron chi connectivity index (χ3n) is 3.89. The number of terminal acetylenes is 1. The summed E-state index contributed by atoms with van der Waals surface area (Å²) in [6.45, 7) is 2.18. The predicted octanol–water partition coefficient (Wildman–Crippen LogP) is 4.01. The average Bonchev–Trinajstić information content (AvgIpc) is 2.90. The summed E-state index contributed by atoms with van der Waals surface area (Å²) >= 11 is 0. The van der Waals surface area contributed by atoms with Crippen molar-refractivity contribution >= 4 is 28.2 Å². The van der Waals surface area contributed by atoms with E-state index in [4.69, 9.17) is 6.42 Å². The molecule has 130 valence electrons. The summed E-state index contributed by atoms with van der Waals surface area (Å²) in [7, 11) is 0. The highest BCUT2D eigenvalue weighted by atomic mass is 16.3. The van der Waals surface area contributed by atoms with Gasteiger partial charge in [-0.2, -0.15) is 0 Å². The Bertz CT molecular complexity index is 1030. The fourth-order valence-electron chi connectivity index (χ4n) is 2.70. The summed E-state index contributed by atoms with van der Waals surface area (Å²) in [5.74, 6) is 1.94. The third kappa shape index (κ3) is 3.57. The van der Waals surface area contributed by atoms with Crippen LogP contribution in [0.2, 0.25) is 0 Å². The van der Waals surface area contributed by atoms with Gasteiger partial charge in [-0.15, -0.1) is 16.7 Å². The number of para-hydroxylation sites is 1. The summed E-state index contributed by atoms with van der Waals surface area (Å²) < 4.78 is 1.55. The Balaban J connectivity index is 1.79. The fourth-order valence-corrected chi connectivity index (χ4v) is 2.70. The number of rotatable bonds is 5. The summed E-state index contributed by atoms with van der Waals surface area (Å²) in [6.07, 6.45) is 5.36. The first-order valence-corrected chi connectivity index (χ1v) is 8.09. The number of amides is 1. The number of benzene rings is 2. The standard InChI is InChI=1S/C20H18N4O2/c1-3-11-24-17-10-5-4-9-16(17)19(20(24)26)23-22-18(25)13-21-15-8-6-7-14(2)12-15/h1,4-10,12,21,26H,11,13H2,2H3. The van der Waals surface area contributed by atoms with E-state index >= 15 is 0 Å². The highest BCUT2D eigenvalue weighted by molar-refractivity contribution is 5.95. The van der Waals surface area contributed by atoms with Crippen molar-refractivity contribution in [2.45, 2.75) is 13.5 Å². The molecule has 0 aliphatic carbocycles. The van der Waals surface area contributed by atoms with E-state index in [0.717, 1.165) is 16.8 Å². The molecule has 2 aromatic carbocycles. The van der Waals surface area contributed by atoms with Crippen LogP contribution < -0.4 is 5.32 Å². The number of nitrogens with one attached hydrogen (secondary N) is 1. The Labute approximate surface area is 151 Å². The van der Waals surface area contributed by atoms with Crippen molar-refractivity contribution in [3.63, 3.8) is 0 Å². The molecule has 1 aromatic heterocycles. The summed E-state index contributed by atoms with van der Waals surface area (Å²) in [5, 5.41) is 21.7. The number of carbonyl (C=O) groups is 1. The van der Waals surface area contributed by atoms with Gasteiger partial charge in [-0.1, -0.05) is 36.3 Å². The number of hydrogen-bond acceptors (Lipinski definition) is 4. The minimum absolute atomic E-state index is 0.0106. The van der Waals surface area contributed by atoms with Gasteiger partial charge in [0.2, 0.25) is 5.88 Å². The zero-order chi connectivity index (χ0) is 18.5. The molecule has 0 bridgehead atoms. The Morgan fingerprint density at radius 3 is 2.85 bits per heavy atom. The topological polar surface area (TPSA) is 79.0 Å². The van der Waals surface area contributed by atoms with Crippen LogP contribution in [0, 0.1) is 19.3 Å². The van der Waals surface area contributed by atoms with E-state index < -0.39 is 5.91 Å². The van der Waals surface area contributed by atoms with Gasteiger partial charge < -0.3 is 10.4 Å². The number of azo groups is 1. The van der Waals surface area contributed by atoms with E-state index in [9.17, 15) is 9.90 Å². The summed E-state index contributed by atoms with van der Waals surface area (Å²) in [5.41, 5.74) is 2.90. The lowest BCUT2D eigenvalue weighted by molar-refractivity contribution is -0.116. The minimum Gasteiger partial charge on any atom is -0.493 e. The molecule has 26 heavy (non-hydrogen) atoms. The first kappa shape index (κ1) is 17.2. The molecule has 0 saturated carbocycles. The molecule has 3 rings (SSSR count). The van der Waals surface area contributed by atoms with Crippen molar-refractivity contribution in [2.24, 2.45) is 10.2 Å². The first-order chi connectivity index (χ1) is 12.6. The van der Waals surface area contributed by atoms with Crippen LogP contribution in [0.1, 0.15) is 5.56 Å².